The predicted octanol–water partition coefficient (Wildman–Crippen LogP) is 1.63. The number of benzene rings is 1. The molecule has 2 N–H and O–H groups in total. The second-order valence-corrected chi connectivity index (χ2v) is 6.30. The number of amides is 1. The van der Waals surface area contributed by atoms with Crippen LogP contribution in [-0.4, -0.2) is 56.7 Å². The van der Waals surface area contributed by atoms with Gasteiger partial charge in [-0.15, -0.1) is 0 Å². The summed E-state index contributed by atoms with van der Waals surface area (Å²) >= 11 is 0. The van der Waals surface area contributed by atoms with E-state index < -0.39 is 0 Å². The van der Waals surface area contributed by atoms with E-state index in [1.807, 2.05) is 30.3 Å². The third kappa shape index (κ3) is 6.74. The first-order chi connectivity index (χ1) is 12.2. The SMILES string of the molecule is CCNC(=NCCC(=O)NCc1ccccc1)N1CCC(COC)C1. The van der Waals surface area contributed by atoms with E-state index in [0.29, 0.717) is 25.4 Å². The topological polar surface area (TPSA) is 66.0 Å². The Kier molecular flexibility index (Phi) is 8.25. The molecule has 0 saturated carbocycles. The molecule has 0 aliphatic carbocycles. The van der Waals surface area contributed by atoms with Gasteiger partial charge in [0.2, 0.25) is 5.91 Å². The van der Waals surface area contributed by atoms with Gasteiger partial charge in [0.15, 0.2) is 5.96 Å². The maximum absolute atomic E-state index is 12.0. The molecular formula is C19H30N4O2. The van der Waals surface area contributed by atoms with Gasteiger partial charge in [0.1, 0.15) is 0 Å². The minimum atomic E-state index is 0.0298. The second-order valence-electron chi connectivity index (χ2n) is 6.30. The van der Waals surface area contributed by atoms with E-state index in [-0.39, 0.29) is 5.91 Å². The van der Waals surface area contributed by atoms with Crippen molar-refractivity contribution in [2.75, 3.05) is 39.9 Å². The van der Waals surface area contributed by atoms with E-state index in [9.17, 15) is 4.79 Å². The van der Waals surface area contributed by atoms with Gasteiger partial charge in [-0.1, -0.05) is 30.3 Å². The Hall–Kier alpha value is -2.08. The van der Waals surface area contributed by atoms with Crippen LogP contribution in [0.5, 0.6) is 0 Å². The minimum Gasteiger partial charge on any atom is -0.384 e. The Morgan fingerprint density at radius 2 is 2.12 bits per heavy atom. The lowest BCUT2D eigenvalue weighted by Gasteiger charge is -2.21. The number of ether oxygens (including phenoxy) is 1. The summed E-state index contributed by atoms with van der Waals surface area (Å²) in [5.41, 5.74) is 1.11. The van der Waals surface area contributed by atoms with E-state index in [0.717, 1.165) is 44.2 Å². The first-order valence-electron chi connectivity index (χ1n) is 9.05. The van der Waals surface area contributed by atoms with Gasteiger partial charge in [-0.05, 0) is 18.9 Å². The van der Waals surface area contributed by atoms with Crippen LogP contribution in [0.2, 0.25) is 0 Å². The molecule has 2 rings (SSSR count). The molecule has 1 aromatic rings. The van der Waals surface area contributed by atoms with Gasteiger partial charge in [0.25, 0.3) is 0 Å². The Labute approximate surface area is 150 Å². The van der Waals surface area contributed by atoms with E-state index in [1.54, 1.807) is 7.11 Å². The zero-order chi connectivity index (χ0) is 17.9. The highest BCUT2D eigenvalue weighted by atomic mass is 16.5. The number of aliphatic imine (C=N–C) groups is 1. The average Bonchev–Trinajstić information content (AvgIpc) is 3.09. The van der Waals surface area contributed by atoms with E-state index in [1.165, 1.54) is 0 Å². The first kappa shape index (κ1) is 19.2. The Bertz CT molecular complexity index is 548. The van der Waals surface area contributed by atoms with Crippen molar-refractivity contribution in [2.45, 2.75) is 26.3 Å². The fraction of sp³-hybridized carbons (Fsp3) is 0.579. The third-order valence-corrected chi connectivity index (χ3v) is 4.26. The van der Waals surface area contributed by atoms with Crippen molar-refractivity contribution in [3.8, 4) is 0 Å². The normalized spacial score (nSPS) is 17.6. The van der Waals surface area contributed by atoms with Crippen LogP contribution in [0.25, 0.3) is 0 Å². The number of guanidine groups is 1. The molecule has 1 aromatic carbocycles. The Balaban J connectivity index is 1.76. The lowest BCUT2D eigenvalue weighted by atomic mass is 10.1. The maximum Gasteiger partial charge on any atom is 0.222 e. The summed E-state index contributed by atoms with van der Waals surface area (Å²) in [6.45, 7) is 6.68. The van der Waals surface area contributed by atoms with Gasteiger partial charge in [-0.25, -0.2) is 0 Å². The van der Waals surface area contributed by atoms with Crippen molar-refractivity contribution in [1.29, 1.82) is 0 Å². The standard InChI is InChI=1S/C19H30N4O2/c1-3-20-19(23-12-10-17(14-23)15-25-2)21-11-9-18(24)22-13-16-7-5-4-6-8-16/h4-8,17H,3,9-15H2,1-2H3,(H,20,21)(H,22,24). The molecule has 6 heteroatoms. The molecule has 1 unspecified atom stereocenters. The van der Waals surface area contributed by atoms with Crippen molar-refractivity contribution in [3.63, 3.8) is 0 Å². The van der Waals surface area contributed by atoms with Crippen LogP contribution >= 0.6 is 0 Å². The summed E-state index contributed by atoms with van der Waals surface area (Å²) in [6, 6.07) is 9.93. The van der Waals surface area contributed by atoms with Gasteiger partial charge < -0.3 is 20.3 Å². The highest BCUT2D eigenvalue weighted by Crippen LogP contribution is 2.16. The summed E-state index contributed by atoms with van der Waals surface area (Å²) in [7, 11) is 1.75. The van der Waals surface area contributed by atoms with Crippen LogP contribution in [0, 0.1) is 5.92 Å². The smallest absolute Gasteiger partial charge is 0.222 e. The van der Waals surface area contributed by atoms with Gasteiger partial charge in [-0.2, -0.15) is 0 Å². The molecule has 1 amide bonds. The molecule has 0 bridgehead atoms. The highest BCUT2D eigenvalue weighted by Gasteiger charge is 2.24. The van der Waals surface area contributed by atoms with Gasteiger partial charge in [0, 0.05) is 45.6 Å². The van der Waals surface area contributed by atoms with Crippen LogP contribution in [0.4, 0.5) is 0 Å². The number of rotatable bonds is 8. The van der Waals surface area contributed by atoms with Crippen LogP contribution < -0.4 is 10.6 Å². The molecule has 1 atom stereocenters. The largest absolute Gasteiger partial charge is 0.384 e. The number of likely N-dealkylation sites (tertiary alicyclic amines) is 1. The number of methoxy groups -OCH3 is 1. The fourth-order valence-electron chi connectivity index (χ4n) is 2.97. The third-order valence-electron chi connectivity index (χ3n) is 4.26. The number of nitrogens with one attached hydrogen (secondary N) is 2. The Morgan fingerprint density at radius 3 is 2.84 bits per heavy atom. The number of carbonyl (C=O) groups is 1. The molecule has 1 aliphatic heterocycles. The van der Waals surface area contributed by atoms with E-state index in [4.69, 9.17) is 4.74 Å². The molecule has 25 heavy (non-hydrogen) atoms. The maximum atomic E-state index is 12.0. The van der Waals surface area contributed by atoms with Crippen molar-refractivity contribution < 1.29 is 9.53 Å². The summed E-state index contributed by atoms with van der Waals surface area (Å²) in [5.74, 6) is 1.49. The second kappa shape index (κ2) is 10.7. The number of carbonyl (C=O) groups excluding carboxylic acids is 1. The molecular weight excluding hydrogens is 316 g/mol. The van der Waals surface area contributed by atoms with Crippen molar-refractivity contribution in [1.82, 2.24) is 15.5 Å². The van der Waals surface area contributed by atoms with Gasteiger partial charge >= 0.3 is 0 Å². The molecule has 0 spiro atoms. The zero-order valence-corrected chi connectivity index (χ0v) is 15.3. The molecule has 1 heterocycles. The summed E-state index contributed by atoms with van der Waals surface area (Å²) in [5, 5.41) is 6.26. The molecule has 0 radical (unpaired) electrons. The van der Waals surface area contributed by atoms with Crippen LogP contribution in [0.3, 0.4) is 0 Å². The first-order valence-corrected chi connectivity index (χ1v) is 9.05. The number of hydrogen-bond donors (Lipinski definition) is 2. The molecule has 1 saturated heterocycles. The quantitative estimate of drug-likeness (QED) is 0.555. The molecule has 138 valence electrons. The minimum absolute atomic E-state index is 0.0298. The molecule has 1 aliphatic rings. The Morgan fingerprint density at radius 1 is 1.32 bits per heavy atom. The number of hydrogen-bond acceptors (Lipinski definition) is 3. The summed E-state index contributed by atoms with van der Waals surface area (Å²) in [4.78, 5) is 18.9. The lowest BCUT2D eigenvalue weighted by molar-refractivity contribution is -0.121. The number of nitrogens with zero attached hydrogens (tertiary/aromatic N) is 2. The molecule has 0 aromatic heterocycles. The molecule has 1 fully saturated rings. The van der Waals surface area contributed by atoms with E-state index >= 15 is 0 Å². The lowest BCUT2D eigenvalue weighted by Crippen LogP contribution is -2.40. The average molecular weight is 346 g/mol. The van der Waals surface area contributed by atoms with Crippen LogP contribution in [-0.2, 0) is 16.1 Å². The van der Waals surface area contributed by atoms with Gasteiger partial charge in [0.05, 0.1) is 13.2 Å². The van der Waals surface area contributed by atoms with Crippen molar-refractivity contribution in [2.24, 2.45) is 10.9 Å². The molecule has 6 nitrogen and oxygen atoms in total. The fourth-order valence-corrected chi connectivity index (χ4v) is 2.97. The van der Waals surface area contributed by atoms with Crippen molar-refractivity contribution in [3.05, 3.63) is 35.9 Å². The van der Waals surface area contributed by atoms with Crippen molar-refractivity contribution >= 4 is 11.9 Å². The van der Waals surface area contributed by atoms with E-state index in [2.05, 4.69) is 27.4 Å². The van der Waals surface area contributed by atoms with Crippen LogP contribution in [0.15, 0.2) is 35.3 Å². The monoisotopic (exact) mass is 346 g/mol. The summed E-state index contributed by atoms with van der Waals surface area (Å²) < 4.78 is 5.25. The van der Waals surface area contributed by atoms with Crippen LogP contribution in [0.1, 0.15) is 25.3 Å². The van der Waals surface area contributed by atoms with Gasteiger partial charge in [-0.3, -0.25) is 9.79 Å². The highest BCUT2D eigenvalue weighted by molar-refractivity contribution is 5.81. The summed E-state index contributed by atoms with van der Waals surface area (Å²) in [6.07, 6.45) is 1.52. The predicted molar refractivity (Wildman–Crippen MR) is 100 cm³/mol. The zero-order valence-electron chi connectivity index (χ0n) is 15.3.